The molecule has 1 N–H and O–H groups in total. The highest BCUT2D eigenvalue weighted by Gasteiger charge is 2.24. The van der Waals surface area contributed by atoms with Crippen LogP contribution in [-0.4, -0.2) is 34.3 Å². The van der Waals surface area contributed by atoms with Crippen molar-refractivity contribution in [3.63, 3.8) is 0 Å². The summed E-state index contributed by atoms with van der Waals surface area (Å²) in [5, 5.41) is 2.95. The molecule has 0 aliphatic carbocycles. The molecule has 0 spiro atoms. The number of nitrogens with zero attached hydrogens (tertiary/aromatic N) is 2. The molecule has 0 aliphatic heterocycles. The standard InChI is InChI=1S/C26H31N3O2S/c1-20(2)29(26(31)27-16-22-10-6-4-7-11-22)19-25(30)28(17-23-12-8-5-9-13-23)18-24-15-14-21(3)32-24/h4-15,20H,16-19H2,1-3H3,(H,27,31). The molecule has 0 aliphatic rings. The zero-order valence-electron chi connectivity index (χ0n) is 19.0. The van der Waals surface area contributed by atoms with Crippen LogP contribution < -0.4 is 5.32 Å². The highest BCUT2D eigenvalue weighted by molar-refractivity contribution is 7.11. The van der Waals surface area contributed by atoms with Gasteiger partial charge in [0.15, 0.2) is 0 Å². The Morgan fingerprint density at radius 2 is 1.50 bits per heavy atom. The monoisotopic (exact) mass is 449 g/mol. The quantitative estimate of drug-likeness (QED) is 0.488. The van der Waals surface area contributed by atoms with Crippen molar-refractivity contribution >= 4 is 23.3 Å². The van der Waals surface area contributed by atoms with E-state index in [0.29, 0.717) is 19.6 Å². The molecule has 1 aromatic heterocycles. The molecule has 3 aromatic rings. The number of hydrogen-bond acceptors (Lipinski definition) is 3. The van der Waals surface area contributed by atoms with E-state index >= 15 is 0 Å². The van der Waals surface area contributed by atoms with E-state index in [4.69, 9.17) is 0 Å². The Bertz CT molecular complexity index is 1000. The van der Waals surface area contributed by atoms with E-state index in [0.717, 1.165) is 16.0 Å². The van der Waals surface area contributed by atoms with E-state index in [-0.39, 0.29) is 24.5 Å². The average molecular weight is 450 g/mol. The van der Waals surface area contributed by atoms with Gasteiger partial charge in [-0.3, -0.25) is 4.79 Å². The van der Waals surface area contributed by atoms with Crippen LogP contribution in [0, 0.1) is 6.92 Å². The summed E-state index contributed by atoms with van der Waals surface area (Å²) in [5.74, 6) is -0.0662. The van der Waals surface area contributed by atoms with E-state index < -0.39 is 0 Å². The van der Waals surface area contributed by atoms with Gasteiger partial charge in [-0.2, -0.15) is 0 Å². The Morgan fingerprint density at radius 1 is 0.875 bits per heavy atom. The number of amides is 3. The molecular formula is C26H31N3O2S. The van der Waals surface area contributed by atoms with Crippen molar-refractivity contribution in [2.75, 3.05) is 6.54 Å². The van der Waals surface area contributed by atoms with Gasteiger partial charge in [0, 0.05) is 28.9 Å². The number of rotatable bonds is 9. The van der Waals surface area contributed by atoms with Gasteiger partial charge in [-0.25, -0.2) is 4.79 Å². The van der Waals surface area contributed by atoms with E-state index in [2.05, 4.69) is 24.4 Å². The summed E-state index contributed by atoms with van der Waals surface area (Å²) < 4.78 is 0. The minimum atomic E-state index is -0.233. The van der Waals surface area contributed by atoms with E-state index in [1.54, 1.807) is 16.2 Å². The number of aryl methyl sites for hydroxylation is 1. The Labute approximate surface area is 194 Å². The molecule has 0 bridgehead atoms. The predicted octanol–water partition coefficient (Wildman–Crippen LogP) is 5.21. The third kappa shape index (κ3) is 6.95. The van der Waals surface area contributed by atoms with Gasteiger partial charge >= 0.3 is 6.03 Å². The molecule has 0 radical (unpaired) electrons. The summed E-state index contributed by atoms with van der Waals surface area (Å²) in [5.41, 5.74) is 2.09. The van der Waals surface area contributed by atoms with Gasteiger partial charge in [-0.05, 0) is 44.0 Å². The summed E-state index contributed by atoms with van der Waals surface area (Å²) in [4.78, 5) is 32.0. The maximum atomic E-state index is 13.4. The average Bonchev–Trinajstić information content (AvgIpc) is 3.21. The van der Waals surface area contributed by atoms with Gasteiger partial charge in [0.25, 0.3) is 0 Å². The van der Waals surface area contributed by atoms with E-state index in [9.17, 15) is 9.59 Å². The molecule has 1 heterocycles. The van der Waals surface area contributed by atoms with Crippen molar-refractivity contribution in [3.05, 3.63) is 93.7 Å². The summed E-state index contributed by atoms with van der Waals surface area (Å²) in [6.45, 7) is 7.43. The first-order chi connectivity index (χ1) is 15.4. The van der Waals surface area contributed by atoms with Crippen LogP contribution in [0.15, 0.2) is 72.8 Å². The van der Waals surface area contributed by atoms with Gasteiger partial charge < -0.3 is 15.1 Å². The summed E-state index contributed by atoms with van der Waals surface area (Å²) in [7, 11) is 0. The van der Waals surface area contributed by atoms with Crippen LogP contribution in [0.25, 0.3) is 0 Å². The minimum absolute atomic E-state index is 0.0372. The van der Waals surface area contributed by atoms with Crippen molar-refractivity contribution in [3.8, 4) is 0 Å². The third-order valence-corrected chi connectivity index (χ3v) is 6.17. The molecule has 0 fully saturated rings. The molecule has 5 nitrogen and oxygen atoms in total. The lowest BCUT2D eigenvalue weighted by molar-refractivity contribution is -0.133. The fraction of sp³-hybridized carbons (Fsp3) is 0.308. The molecule has 0 unspecified atom stereocenters. The normalized spacial score (nSPS) is 10.8. The molecule has 3 amide bonds. The molecular weight excluding hydrogens is 418 g/mol. The maximum absolute atomic E-state index is 13.4. The van der Waals surface area contributed by atoms with Gasteiger partial charge in [0.2, 0.25) is 5.91 Å². The van der Waals surface area contributed by atoms with Crippen molar-refractivity contribution in [2.24, 2.45) is 0 Å². The molecule has 0 saturated carbocycles. The topological polar surface area (TPSA) is 52.7 Å². The highest BCUT2D eigenvalue weighted by atomic mass is 32.1. The SMILES string of the molecule is Cc1ccc(CN(Cc2ccccc2)C(=O)CN(C(=O)NCc2ccccc2)C(C)C)s1. The van der Waals surface area contributed by atoms with Crippen molar-refractivity contribution in [2.45, 2.75) is 46.4 Å². The van der Waals surface area contributed by atoms with Crippen LogP contribution in [0.5, 0.6) is 0 Å². The maximum Gasteiger partial charge on any atom is 0.318 e. The Morgan fingerprint density at radius 3 is 2.06 bits per heavy atom. The Hall–Kier alpha value is -3.12. The van der Waals surface area contributed by atoms with Gasteiger partial charge in [0.05, 0.1) is 6.54 Å². The van der Waals surface area contributed by atoms with Crippen LogP contribution in [0.2, 0.25) is 0 Å². The van der Waals surface area contributed by atoms with Crippen LogP contribution in [-0.2, 0) is 24.4 Å². The number of hydrogen-bond donors (Lipinski definition) is 1. The smallest absolute Gasteiger partial charge is 0.318 e. The zero-order chi connectivity index (χ0) is 22.9. The van der Waals surface area contributed by atoms with Crippen molar-refractivity contribution < 1.29 is 9.59 Å². The largest absolute Gasteiger partial charge is 0.334 e. The van der Waals surface area contributed by atoms with Crippen LogP contribution >= 0.6 is 11.3 Å². The zero-order valence-corrected chi connectivity index (χ0v) is 19.8. The minimum Gasteiger partial charge on any atom is -0.334 e. The lowest BCUT2D eigenvalue weighted by Gasteiger charge is -2.30. The van der Waals surface area contributed by atoms with E-state index in [1.807, 2.05) is 79.4 Å². The van der Waals surface area contributed by atoms with Crippen LogP contribution in [0.4, 0.5) is 4.79 Å². The van der Waals surface area contributed by atoms with Crippen LogP contribution in [0.1, 0.15) is 34.7 Å². The first-order valence-electron chi connectivity index (χ1n) is 10.9. The lowest BCUT2D eigenvalue weighted by atomic mass is 10.2. The lowest BCUT2D eigenvalue weighted by Crippen LogP contribution is -2.49. The van der Waals surface area contributed by atoms with E-state index in [1.165, 1.54) is 4.88 Å². The number of thiophene rings is 1. The number of carbonyl (C=O) groups excluding carboxylic acids is 2. The molecule has 2 aromatic carbocycles. The number of nitrogens with one attached hydrogen (secondary N) is 1. The Kier molecular flexibility index (Phi) is 8.45. The molecule has 32 heavy (non-hydrogen) atoms. The first-order valence-corrected chi connectivity index (χ1v) is 11.7. The second-order valence-electron chi connectivity index (χ2n) is 8.11. The molecule has 0 atom stereocenters. The van der Waals surface area contributed by atoms with Gasteiger partial charge in [0.1, 0.15) is 6.54 Å². The van der Waals surface area contributed by atoms with Crippen molar-refractivity contribution in [1.82, 2.24) is 15.1 Å². The molecule has 6 heteroatoms. The number of urea groups is 1. The van der Waals surface area contributed by atoms with Crippen molar-refractivity contribution in [1.29, 1.82) is 0 Å². The van der Waals surface area contributed by atoms with Gasteiger partial charge in [-0.1, -0.05) is 60.7 Å². The number of benzene rings is 2. The summed E-state index contributed by atoms with van der Waals surface area (Å²) in [6.07, 6.45) is 0. The van der Waals surface area contributed by atoms with Crippen LogP contribution in [0.3, 0.4) is 0 Å². The predicted molar refractivity (Wildman–Crippen MR) is 130 cm³/mol. The second kappa shape index (κ2) is 11.5. The Balaban J connectivity index is 1.70. The highest BCUT2D eigenvalue weighted by Crippen LogP contribution is 2.19. The summed E-state index contributed by atoms with van der Waals surface area (Å²) in [6, 6.07) is 23.5. The molecule has 168 valence electrons. The molecule has 0 saturated heterocycles. The fourth-order valence-electron chi connectivity index (χ4n) is 3.40. The van der Waals surface area contributed by atoms with Gasteiger partial charge in [-0.15, -0.1) is 11.3 Å². The fourth-order valence-corrected chi connectivity index (χ4v) is 4.31. The number of carbonyl (C=O) groups is 2. The first kappa shape index (κ1) is 23.5. The molecule has 3 rings (SSSR count). The second-order valence-corrected chi connectivity index (χ2v) is 9.49. The summed E-state index contributed by atoms with van der Waals surface area (Å²) >= 11 is 1.69. The third-order valence-electron chi connectivity index (χ3n) is 5.19.